The van der Waals surface area contributed by atoms with Gasteiger partial charge in [-0.3, -0.25) is 0 Å². The van der Waals surface area contributed by atoms with Crippen molar-refractivity contribution < 1.29 is 5.11 Å². The Hall–Kier alpha value is -2.22. The maximum absolute atomic E-state index is 11.0. The van der Waals surface area contributed by atoms with Crippen molar-refractivity contribution in [3.63, 3.8) is 0 Å². The van der Waals surface area contributed by atoms with Crippen LogP contribution in [0, 0.1) is 0 Å². The molecular weight excluding hydrogens is 318 g/mol. The van der Waals surface area contributed by atoms with E-state index in [1.54, 1.807) is 0 Å². The minimum absolute atomic E-state index is 0.0688. The lowest BCUT2D eigenvalue weighted by atomic mass is 9.80. The number of hydrogen-bond donors (Lipinski definition) is 2. The third kappa shape index (κ3) is 2.82. The van der Waals surface area contributed by atoms with Crippen LogP contribution >= 0.6 is 0 Å². The molecule has 0 atom stereocenters. The van der Waals surface area contributed by atoms with Crippen LogP contribution in [0.15, 0.2) is 36.4 Å². The van der Waals surface area contributed by atoms with Crippen LogP contribution in [0.4, 0.5) is 5.69 Å². The van der Waals surface area contributed by atoms with Crippen molar-refractivity contribution in [2.45, 2.75) is 65.2 Å². The van der Waals surface area contributed by atoms with Crippen molar-refractivity contribution in [3.8, 4) is 5.75 Å². The summed E-state index contributed by atoms with van der Waals surface area (Å²) in [5.41, 5.74) is 9.94. The number of anilines is 1. The summed E-state index contributed by atoms with van der Waals surface area (Å²) in [6, 6.07) is 12.6. The lowest BCUT2D eigenvalue weighted by Crippen LogP contribution is -2.15. The first-order chi connectivity index (χ1) is 12.1. The van der Waals surface area contributed by atoms with Crippen LogP contribution in [0.3, 0.4) is 0 Å². The van der Waals surface area contributed by atoms with Crippen molar-refractivity contribution in [2.75, 3.05) is 5.73 Å². The standard InChI is InChI=1S/C24H31NO/c1-7-23(3,4)15-10-12-18-19(13-15)21(25)17-11-9-16(24(5,6)8-2)14-20(17)22(18)26/h9-14,26H,7-8,25H2,1-6H3. The summed E-state index contributed by atoms with van der Waals surface area (Å²) in [6.45, 7) is 13.3. The summed E-state index contributed by atoms with van der Waals surface area (Å²) in [5, 5.41) is 14.5. The Morgan fingerprint density at radius 1 is 0.731 bits per heavy atom. The molecule has 0 aromatic heterocycles. The fourth-order valence-electron chi connectivity index (χ4n) is 3.49. The Balaban J connectivity index is 2.33. The summed E-state index contributed by atoms with van der Waals surface area (Å²) in [6.07, 6.45) is 2.09. The van der Waals surface area contributed by atoms with Gasteiger partial charge < -0.3 is 10.8 Å². The zero-order valence-corrected chi connectivity index (χ0v) is 16.9. The van der Waals surface area contributed by atoms with Crippen LogP contribution in [0.2, 0.25) is 0 Å². The SMILES string of the molecule is CCC(C)(C)c1ccc2c(O)c3cc(C(C)(C)CC)ccc3c(N)c2c1. The average molecular weight is 350 g/mol. The lowest BCUT2D eigenvalue weighted by molar-refractivity contribution is 0.486. The monoisotopic (exact) mass is 349 g/mol. The first-order valence-electron chi connectivity index (χ1n) is 9.61. The Kier molecular flexibility index (Phi) is 4.42. The minimum atomic E-state index is 0.0688. The molecule has 138 valence electrons. The predicted octanol–water partition coefficient (Wildman–Crippen LogP) is 6.66. The van der Waals surface area contributed by atoms with Crippen LogP contribution in [-0.2, 0) is 10.8 Å². The fourth-order valence-corrected chi connectivity index (χ4v) is 3.49. The highest BCUT2D eigenvalue weighted by Gasteiger charge is 2.22. The third-order valence-electron chi connectivity index (χ3n) is 6.46. The zero-order chi connectivity index (χ0) is 19.3. The highest BCUT2D eigenvalue weighted by molar-refractivity contribution is 6.15. The third-order valence-corrected chi connectivity index (χ3v) is 6.46. The van der Waals surface area contributed by atoms with E-state index in [1.807, 2.05) is 6.07 Å². The van der Waals surface area contributed by atoms with Crippen molar-refractivity contribution >= 4 is 27.2 Å². The number of rotatable bonds is 4. The number of nitrogens with two attached hydrogens (primary N) is 1. The molecule has 2 heteroatoms. The van der Waals surface area contributed by atoms with E-state index in [2.05, 4.69) is 71.9 Å². The normalized spacial score (nSPS) is 12.8. The number of fused-ring (bicyclic) bond motifs is 2. The first kappa shape index (κ1) is 18.6. The van der Waals surface area contributed by atoms with E-state index in [0.717, 1.165) is 40.1 Å². The Bertz CT molecular complexity index is 901. The Labute approximate surface area is 157 Å². The maximum Gasteiger partial charge on any atom is 0.131 e. The summed E-state index contributed by atoms with van der Waals surface area (Å²) in [7, 11) is 0. The van der Waals surface area contributed by atoms with Gasteiger partial charge in [0.15, 0.2) is 0 Å². The number of benzene rings is 3. The molecule has 3 rings (SSSR count). The van der Waals surface area contributed by atoms with Crippen LogP contribution in [0.1, 0.15) is 65.5 Å². The molecule has 0 aliphatic rings. The van der Waals surface area contributed by atoms with Gasteiger partial charge in [-0.2, -0.15) is 0 Å². The fraction of sp³-hybridized carbons (Fsp3) is 0.417. The highest BCUT2D eigenvalue weighted by Crippen LogP contribution is 2.42. The molecule has 3 aromatic carbocycles. The van der Waals surface area contributed by atoms with Crippen LogP contribution in [0.25, 0.3) is 21.5 Å². The van der Waals surface area contributed by atoms with Gasteiger partial charge in [-0.05, 0) is 46.9 Å². The minimum Gasteiger partial charge on any atom is -0.507 e. The van der Waals surface area contributed by atoms with Gasteiger partial charge >= 0.3 is 0 Å². The van der Waals surface area contributed by atoms with Gasteiger partial charge in [0.05, 0.1) is 0 Å². The predicted molar refractivity (Wildman–Crippen MR) is 114 cm³/mol. The molecule has 0 saturated heterocycles. The van der Waals surface area contributed by atoms with Gasteiger partial charge in [0.1, 0.15) is 5.75 Å². The van der Waals surface area contributed by atoms with Crippen LogP contribution in [-0.4, -0.2) is 5.11 Å². The summed E-state index contributed by atoms with van der Waals surface area (Å²) in [5.74, 6) is 0.332. The van der Waals surface area contributed by atoms with E-state index in [-0.39, 0.29) is 10.8 Å². The van der Waals surface area contributed by atoms with Crippen LogP contribution in [0.5, 0.6) is 5.75 Å². The zero-order valence-electron chi connectivity index (χ0n) is 16.9. The summed E-state index contributed by atoms with van der Waals surface area (Å²) in [4.78, 5) is 0. The molecule has 0 spiro atoms. The van der Waals surface area contributed by atoms with Crippen molar-refractivity contribution in [3.05, 3.63) is 47.5 Å². The first-order valence-corrected chi connectivity index (χ1v) is 9.61. The number of phenolic OH excluding ortho intramolecular Hbond substituents is 1. The molecule has 3 N–H and O–H groups in total. The topological polar surface area (TPSA) is 46.2 Å². The molecule has 0 fully saturated rings. The van der Waals surface area contributed by atoms with E-state index >= 15 is 0 Å². The summed E-state index contributed by atoms with van der Waals surface area (Å²) < 4.78 is 0. The van der Waals surface area contributed by atoms with Gasteiger partial charge in [-0.1, -0.05) is 65.8 Å². The second-order valence-electron chi connectivity index (χ2n) is 8.76. The van der Waals surface area contributed by atoms with Gasteiger partial charge in [-0.15, -0.1) is 0 Å². The van der Waals surface area contributed by atoms with Crippen molar-refractivity contribution in [1.29, 1.82) is 0 Å². The molecular formula is C24H31NO. The van der Waals surface area contributed by atoms with Gasteiger partial charge in [0.25, 0.3) is 0 Å². The number of aromatic hydroxyl groups is 1. The van der Waals surface area contributed by atoms with E-state index in [1.165, 1.54) is 11.1 Å². The summed E-state index contributed by atoms with van der Waals surface area (Å²) >= 11 is 0. The lowest BCUT2D eigenvalue weighted by Gasteiger charge is -2.25. The number of hydrogen-bond acceptors (Lipinski definition) is 2. The molecule has 0 bridgehead atoms. The van der Waals surface area contributed by atoms with Gasteiger partial charge in [-0.25, -0.2) is 0 Å². The quantitative estimate of drug-likeness (QED) is 0.314. The van der Waals surface area contributed by atoms with Crippen molar-refractivity contribution in [2.24, 2.45) is 0 Å². The van der Waals surface area contributed by atoms with E-state index in [9.17, 15) is 5.11 Å². The largest absolute Gasteiger partial charge is 0.507 e. The molecule has 0 amide bonds. The van der Waals surface area contributed by atoms with E-state index < -0.39 is 0 Å². The molecule has 0 heterocycles. The van der Waals surface area contributed by atoms with Gasteiger partial charge in [0, 0.05) is 27.2 Å². The number of nitrogen functional groups attached to an aromatic ring is 1. The Morgan fingerprint density at radius 2 is 1.19 bits per heavy atom. The Morgan fingerprint density at radius 3 is 1.69 bits per heavy atom. The molecule has 0 aliphatic carbocycles. The number of phenols is 1. The smallest absolute Gasteiger partial charge is 0.131 e. The molecule has 3 aromatic rings. The molecule has 26 heavy (non-hydrogen) atoms. The van der Waals surface area contributed by atoms with Crippen LogP contribution < -0.4 is 5.73 Å². The van der Waals surface area contributed by atoms with E-state index in [0.29, 0.717) is 5.75 Å². The molecule has 0 saturated carbocycles. The van der Waals surface area contributed by atoms with Crippen molar-refractivity contribution in [1.82, 2.24) is 0 Å². The second-order valence-corrected chi connectivity index (χ2v) is 8.76. The average Bonchev–Trinajstić information content (AvgIpc) is 2.65. The molecule has 0 radical (unpaired) electrons. The molecule has 2 nitrogen and oxygen atoms in total. The van der Waals surface area contributed by atoms with Gasteiger partial charge in [0.2, 0.25) is 0 Å². The maximum atomic E-state index is 11.0. The second kappa shape index (κ2) is 6.19. The highest BCUT2D eigenvalue weighted by atomic mass is 16.3. The van der Waals surface area contributed by atoms with E-state index in [4.69, 9.17) is 5.73 Å². The molecule has 0 unspecified atom stereocenters. The molecule has 0 aliphatic heterocycles.